The van der Waals surface area contributed by atoms with Crippen LogP contribution in [0, 0.1) is 0 Å². The van der Waals surface area contributed by atoms with Crippen molar-refractivity contribution in [1.82, 2.24) is 10.3 Å². The Morgan fingerprint density at radius 1 is 1.45 bits per heavy atom. The molecule has 0 spiro atoms. The van der Waals surface area contributed by atoms with Gasteiger partial charge in [-0.05, 0) is 25.1 Å². The van der Waals surface area contributed by atoms with Crippen molar-refractivity contribution in [3.05, 3.63) is 23.8 Å². The second-order valence-electron chi connectivity index (χ2n) is 4.17. The third-order valence-corrected chi connectivity index (χ3v) is 2.89. The van der Waals surface area contributed by atoms with Crippen LogP contribution in [0.3, 0.4) is 0 Å². The number of carbonyl (C=O) groups excluding carboxylic acids is 1. The summed E-state index contributed by atoms with van der Waals surface area (Å²) in [4.78, 5) is 28.2. The van der Waals surface area contributed by atoms with Crippen molar-refractivity contribution >= 4 is 29.0 Å². The lowest BCUT2D eigenvalue weighted by Crippen LogP contribution is -2.35. The molecule has 0 saturated heterocycles. The molecule has 1 aromatic heterocycles. The first-order chi connectivity index (χ1) is 9.55. The molecule has 0 fully saturated rings. The maximum Gasteiger partial charge on any atom is 0.335 e. The number of rotatable bonds is 5. The number of carboxylic acids is 1. The Hall–Kier alpha value is -2.57. The number of carboxylic acid groups (broad SMARTS) is 1. The summed E-state index contributed by atoms with van der Waals surface area (Å²) < 4.78 is 5.53. The van der Waals surface area contributed by atoms with E-state index >= 15 is 0 Å². The number of aromatic nitrogens is 1. The average Bonchev–Trinajstić information content (AvgIpc) is 2.86. The summed E-state index contributed by atoms with van der Waals surface area (Å²) in [6.45, 7) is 2.55. The Morgan fingerprint density at radius 2 is 2.20 bits per heavy atom. The molecule has 0 atom stereocenters. The summed E-state index contributed by atoms with van der Waals surface area (Å²) in [5.74, 6) is -1.18. The van der Waals surface area contributed by atoms with E-state index in [1.807, 2.05) is 6.92 Å². The van der Waals surface area contributed by atoms with Crippen molar-refractivity contribution in [2.75, 3.05) is 25.0 Å². The molecule has 1 aromatic carbocycles. The third-order valence-electron chi connectivity index (χ3n) is 2.89. The van der Waals surface area contributed by atoms with E-state index in [1.165, 1.54) is 12.1 Å². The first-order valence-electron chi connectivity index (χ1n) is 6.14. The van der Waals surface area contributed by atoms with Crippen LogP contribution in [0.4, 0.5) is 6.01 Å². The molecular weight excluding hydrogens is 262 g/mol. The van der Waals surface area contributed by atoms with Gasteiger partial charge in [-0.3, -0.25) is 4.79 Å². The molecule has 20 heavy (non-hydrogen) atoms. The number of anilines is 1. The monoisotopic (exact) mass is 277 g/mol. The van der Waals surface area contributed by atoms with Gasteiger partial charge in [0, 0.05) is 13.6 Å². The lowest BCUT2D eigenvalue weighted by molar-refractivity contribution is -0.119. The number of hydrogen-bond acceptors (Lipinski definition) is 5. The van der Waals surface area contributed by atoms with Crippen LogP contribution in [0.25, 0.3) is 11.1 Å². The number of fused-ring (bicyclic) bond motifs is 1. The molecule has 7 nitrogen and oxygen atoms in total. The van der Waals surface area contributed by atoms with Crippen molar-refractivity contribution < 1.29 is 19.1 Å². The molecule has 7 heteroatoms. The van der Waals surface area contributed by atoms with Gasteiger partial charge in [-0.1, -0.05) is 0 Å². The summed E-state index contributed by atoms with van der Waals surface area (Å²) in [5.41, 5.74) is 1.07. The van der Waals surface area contributed by atoms with Crippen LogP contribution in [0.1, 0.15) is 17.3 Å². The predicted molar refractivity (Wildman–Crippen MR) is 72.9 cm³/mol. The highest BCUT2D eigenvalue weighted by Crippen LogP contribution is 2.22. The third kappa shape index (κ3) is 2.71. The summed E-state index contributed by atoms with van der Waals surface area (Å²) in [5, 5.41) is 11.5. The van der Waals surface area contributed by atoms with E-state index in [2.05, 4.69) is 10.3 Å². The summed E-state index contributed by atoms with van der Waals surface area (Å²) >= 11 is 0. The number of nitrogens with one attached hydrogen (secondary N) is 1. The molecule has 2 aromatic rings. The number of likely N-dealkylation sites (N-methyl/N-ethyl adjacent to an activating group) is 2. The smallest absolute Gasteiger partial charge is 0.335 e. The molecule has 0 bridgehead atoms. The number of carbonyl (C=O) groups is 2. The van der Waals surface area contributed by atoms with E-state index in [0.29, 0.717) is 23.7 Å². The minimum Gasteiger partial charge on any atom is -0.478 e. The minimum atomic E-state index is -1.03. The Morgan fingerprint density at radius 3 is 2.80 bits per heavy atom. The van der Waals surface area contributed by atoms with E-state index in [0.717, 1.165) is 0 Å². The Balaban J connectivity index is 2.34. The Kier molecular flexibility index (Phi) is 3.88. The predicted octanol–water partition coefficient (Wildman–Crippen LogP) is 1.10. The van der Waals surface area contributed by atoms with E-state index in [1.54, 1.807) is 18.0 Å². The molecule has 0 radical (unpaired) electrons. The van der Waals surface area contributed by atoms with Gasteiger partial charge in [0.1, 0.15) is 12.1 Å². The minimum absolute atomic E-state index is 0.131. The lowest BCUT2D eigenvalue weighted by atomic mass is 10.2. The fourth-order valence-electron chi connectivity index (χ4n) is 1.75. The first kappa shape index (κ1) is 13.9. The van der Waals surface area contributed by atoms with Crippen LogP contribution < -0.4 is 10.2 Å². The molecule has 0 saturated carbocycles. The van der Waals surface area contributed by atoms with Gasteiger partial charge in [-0.2, -0.15) is 4.98 Å². The topological polar surface area (TPSA) is 95.7 Å². The fraction of sp³-hybridized carbons (Fsp3) is 0.308. The van der Waals surface area contributed by atoms with Gasteiger partial charge in [-0.25, -0.2) is 4.79 Å². The van der Waals surface area contributed by atoms with E-state index in [-0.39, 0.29) is 18.0 Å². The zero-order valence-electron chi connectivity index (χ0n) is 11.2. The standard InChI is InChI=1S/C13H15N3O4/c1-3-16(7-11(17)14-2)13-15-9-5-4-8(12(18)19)6-10(9)20-13/h4-6H,3,7H2,1-2H3,(H,14,17)(H,18,19). The van der Waals surface area contributed by atoms with Crippen molar-refractivity contribution in [3.63, 3.8) is 0 Å². The van der Waals surface area contributed by atoms with Crippen LogP contribution in [0.2, 0.25) is 0 Å². The largest absolute Gasteiger partial charge is 0.478 e. The highest BCUT2D eigenvalue weighted by atomic mass is 16.4. The lowest BCUT2D eigenvalue weighted by Gasteiger charge is -2.16. The van der Waals surface area contributed by atoms with Crippen molar-refractivity contribution in [3.8, 4) is 0 Å². The van der Waals surface area contributed by atoms with Crippen LogP contribution in [0.15, 0.2) is 22.6 Å². The molecule has 1 heterocycles. The zero-order chi connectivity index (χ0) is 14.7. The van der Waals surface area contributed by atoms with Gasteiger partial charge in [0.15, 0.2) is 5.58 Å². The molecule has 0 aliphatic rings. The van der Waals surface area contributed by atoms with Crippen LogP contribution in [-0.2, 0) is 4.79 Å². The zero-order valence-corrected chi connectivity index (χ0v) is 11.2. The normalized spacial score (nSPS) is 10.5. The Labute approximate surface area is 115 Å². The fourth-order valence-corrected chi connectivity index (χ4v) is 1.75. The molecule has 0 aliphatic heterocycles. The number of benzene rings is 1. The summed E-state index contributed by atoms with van der Waals surface area (Å²) in [6.07, 6.45) is 0. The second-order valence-corrected chi connectivity index (χ2v) is 4.17. The number of nitrogens with zero attached hydrogens (tertiary/aromatic N) is 2. The number of hydrogen-bond donors (Lipinski definition) is 2. The van der Waals surface area contributed by atoms with Crippen molar-refractivity contribution in [2.45, 2.75) is 6.92 Å². The van der Waals surface area contributed by atoms with Gasteiger partial charge < -0.3 is 19.7 Å². The van der Waals surface area contributed by atoms with Crippen LogP contribution in [0.5, 0.6) is 0 Å². The summed E-state index contributed by atoms with van der Waals surface area (Å²) in [6, 6.07) is 4.77. The van der Waals surface area contributed by atoms with Gasteiger partial charge >= 0.3 is 5.97 Å². The maximum atomic E-state index is 11.4. The van der Waals surface area contributed by atoms with Crippen molar-refractivity contribution in [1.29, 1.82) is 0 Å². The first-order valence-corrected chi connectivity index (χ1v) is 6.14. The molecule has 2 rings (SSSR count). The molecule has 1 amide bonds. The number of oxazole rings is 1. The maximum absolute atomic E-state index is 11.4. The van der Waals surface area contributed by atoms with E-state index in [9.17, 15) is 9.59 Å². The molecule has 0 unspecified atom stereocenters. The molecule has 0 aliphatic carbocycles. The highest BCUT2D eigenvalue weighted by molar-refractivity contribution is 5.92. The quantitative estimate of drug-likeness (QED) is 0.849. The van der Waals surface area contributed by atoms with Crippen LogP contribution in [-0.4, -0.2) is 42.1 Å². The van der Waals surface area contributed by atoms with Crippen LogP contribution >= 0.6 is 0 Å². The van der Waals surface area contributed by atoms with E-state index in [4.69, 9.17) is 9.52 Å². The Bertz CT molecular complexity index is 650. The van der Waals surface area contributed by atoms with Crippen molar-refractivity contribution in [2.24, 2.45) is 0 Å². The molecule has 2 N–H and O–H groups in total. The molecule has 106 valence electrons. The van der Waals surface area contributed by atoms with E-state index < -0.39 is 5.97 Å². The number of aromatic carboxylic acids is 1. The van der Waals surface area contributed by atoms with Gasteiger partial charge in [-0.15, -0.1) is 0 Å². The van der Waals surface area contributed by atoms with Gasteiger partial charge in [0.25, 0.3) is 6.01 Å². The molecular formula is C13H15N3O4. The van der Waals surface area contributed by atoms with Gasteiger partial charge in [0.05, 0.1) is 5.56 Å². The summed E-state index contributed by atoms with van der Waals surface area (Å²) in [7, 11) is 1.56. The van der Waals surface area contributed by atoms with Gasteiger partial charge in [0.2, 0.25) is 5.91 Å². The highest BCUT2D eigenvalue weighted by Gasteiger charge is 2.16. The SMILES string of the molecule is CCN(CC(=O)NC)c1nc2ccc(C(=O)O)cc2o1. The number of amides is 1. The second kappa shape index (κ2) is 5.60. The average molecular weight is 277 g/mol.